The molecule has 1 amide bonds. The summed E-state index contributed by atoms with van der Waals surface area (Å²) in [5.74, 6) is 5.75. The van der Waals surface area contributed by atoms with Crippen LogP contribution in [0.15, 0.2) is 11.5 Å². The average molecular weight is 257 g/mol. The molecule has 1 aliphatic heterocycles. The minimum Gasteiger partial charge on any atom is -0.376 e. The Morgan fingerprint density at radius 1 is 1.76 bits per heavy atom. The van der Waals surface area contributed by atoms with Crippen LogP contribution in [0, 0.1) is 0 Å². The number of amides is 1. The Hall–Kier alpha value is -1.28. The van der Waals surface area contributed by atoms with Gasteiger partial charge in [-0.15, -0.1) is 10.2 Å². The first kappa shape index (κ1) is 12.2. The van der Waals surface area contributed by atoms with Crippen molar-refractivity contribution in [3.05, 3.63) is 6.33 Å². The summed E-state index contributed by atoms with van der Waals surface area (Å²) in [6.07, 6.45) is 3.66. The summed E-state index contributed by atoms with van der Waals surface area (Å²) in [5, 5.41) is 10.7. The highest BCUT2D eigenvalue weighted by Crippen LogP contribution is 2.12. The highest BCUT2D eigenvalue weighted by Gasteiger charge is 2.16. The van der Waals surface area contributed by atoms with Gasteiger partial charge in [-0.05, 0) is 12.8 Å². The number of nitrogens with zero attached hydrogens (tertiary/aromatic N) is 3. The predicted octanol–water partition coefficient (Wildman–Crippen LogP) is -0.621. The van der Waals surface area contributed by atoms with Gasteiger partial charge in [0.05, 0.1) is 11.9 Å². The molecule has 7 nitrogen and oxygen atoms in total. The van der Waals surface area contributed by atoms with E-state index in [2.05, 4.69) is 15.5 Å². The summed E-state index contributed by atoms with van der Waals surface area (Å²) in [6.45, 7) is 1.38. The normalized spacial score (nSPS) is 19.4. The number of hydrogen-bond acceptors (Lipinski definition) is 6. The van der Waals surface area contributed by atoms with Gasteiger partial charge in [-0.25, -0.2) is 4.68 Å². The van der Waals surface area contributed by atoms with E-state index in [-0.39, 0.29) is 17.8 Å². The van der Waals surface area contributed by atoms with Crippen molar-refractivity contribution in [3.63, 3.8) is 0 Å². The smallest absolute Gasteiger partial charge is 0.230 e. The van der Waals surface area contributed by atoms with Crippen LogP contribution < -0.4 is 11.2 Å². The van der Waals surface area contributed by atoms with Crippen LogP contribution >= 0.6 is 11.8 Å². The van der Waals surface area contributed by atoms with Crippen LogP contribution in [0.2, 0.25) is 0 Å². The number of nitrogens with one attached hydrogen (secondary N) is 1. The lowest BCUT2D eigenvalue weighted by molar-refractivity contribution is -0.119. The maximum atomic E-state index is 11.5. The fourth-order valence-electron chi connectivity index (χ4n) is 1.55. The Kier molecular flexibility index (Phi) is 4.21. The zero-order chi connectivity index (χ0) is 12.1. The minimum absolute atomic E-state index is 0.0477. The molecule has 0 radical (unpaired) electrons. The van der Waals surface area contributed by atoms with Gasteiger partial charge < -0.3 is 15.9 Å². The van der Waals surface area contributed by atoms with E-state index in [1.54, 1.807) is 0 Å². The van der Waals surface area contributed by atoms with Gasteiger partial charge >= 0.3 is 0 Å². The molecule has 0 spiro atoms. The molecule has 1 saturated heterocycles. The van der Waals surface area contributed by atoms with Gasteiger partial charge in [0.25, 0.3) is 0 Å². The second kappa shape index (κ2) is 5.87. The summed E-state index contributed by atoms with van der Waals surface area (Å²) >= 11 is 1.26. The van der Waals surface area contributed by atoms with Crippen LogP contribution in [0.1, 0.15) is 12.8 Å². The van der Waals surface area contributed by atoms with E-state index in [4.69, 9.17) is 10.6 Å². The Morgan fingerprint density at radius 2 is 2.65 bits per heavy atom. The number of nitrogen functional groups attached to an aromatic ring is 1. The second-order valence-corrected chi connectivity index (χ2v) is 4.69. The van der Waals surface area contributed by atoms with Crippen LogP contribution in [-0.4, -0.2) is 45.8 Å². The lowest BCUT2D eigenvalue weighted by Crippen LogP contribution is -2.33. The minimum atomic E-state index is -0.0477. The molecule has 1 aromatic heterocycles. The van der Waals surface area contributed by atoms with E-state index in [1.165, 1.54) is 22.8 Å². The third kappa shape index (κ3) is 3.60. The zero-order valence-corrected chi connectivity index (χ0v) is 10.2. The number of nitrogens with two attached hydrogens (primary N) is 1. The van der Waals surface area contributed by atoms with Crippen molar-refractivity contribution >= 4 is 17.7 Å². The third-order valence-corrected chi connectivity index (χ3v) is 3.38. The van der Waals surface area contributed by atoms with Gasteiger partial charge in [0.1, 0.15) is 6.33 Å². The first-order valence-corrected chi connectivity index (χ1v) is 6.40. The Balaban J connectivity index is 1.65. The summed E-state index contributed by atoms with van der Waals surface area (Å²) < 4.78 is 6.69. The molecular weight excluding hydrogens is 242 g/mol. The van der Waals surface area contributed by atoms with Gasteiger partial charge in [0, 0.05) is 13.2 Å². The molecule has 17 heavy (non-hydrogen) atoms. The van der Waals surface area contributed by atoms with Crippen molar-refractivity contribution in [1.82, 2.24) is 20.2 Å². The van der Waals surface area contributed by atoms with Gasteiger partial charge in [-0.1, -0.05) is 11.8 Å². The fourth-order valence-corrected chi connectivity index (χ4v) is 2.21. The molecule has 0 saturated carbocycles. The van der Waals surface area contributed by atoms with E-state index in [0.717, 1.165) is 19.4 Å². The average Bonchev–Trinajstić information content (AvgIpc) is 2.95. The van der Waals surface area contributed by atoms with Crippen LogP contribution in [0.5, 0.6) is 0 Å². The summed E-state index contributed by atoms with van der Waals surface area (Å²) in [4.78, 5) is 11.5. The molecule has 1 aromatic rings. The van der Waals surface area contributed by atoms with E-state index in [9.17, 15) is 4.79 Å². The Bertz CT molecular complexity index is 377. The van der Waals surface area contributed by atoms with Crippen molar-refractivity contribution < 1.29 is 9.53 Å². The standard InChI is InChI=1S/C9H15N5O2S/c10-14-6-12-13-9(14)17-5-8(15)11-4-7-2-1-3-16-7/h6-7H,1-5,10H2,(H,11,15)/t7-/m0/s1. The van der Waals surface area contributed by atoms with E-state index < -0.39 is 0 Å². The third-order valence-electron chi connectivity index (χ3n) is 2.42. The molecule has 2 heterocycles. The van der Waals surface area contributed by atoms with Crippen molar-refractivity contribution in [1.29, 1.82) is 0 Å². The maximum Gasteiger partial charge on any atom is 0.230 e. The van der Waals surface area contributed by atoms with E-state index in [0.29, 0.717) is 11.7 Å². The molecular formula is C9H15N5O2S. The molecule has 0 aromatic carbocycles. The number of carbonyl (C=O) groups is 1. The van der Waals surface area contributed by atoms with Crippen molar-refractivity contribution in [2.75, 3.05) is 24.7 Å². The van der Waals surface area contributed by atoms with Gasteiger partial charge in [0.2, 0.25) is 11.1 Å². The number of carbonyl (C=O) groups excluding carboxylic acids is 1. The molecule has 94 valence electrons. The first-order valence-electron chi connectivity index (χ1n) is 5.42. The maximum absolute atomic E-state index is 11.5. The van der Waals surface area contributed by atoms with Crippen LogP contribution in [-0.2, 0) is 9.53 Å². The lowest BCUT2D eigenvalue weighted by atomic mass is 10.2. The number of rotatable bonds is 5. The second-order valence-electron chi connectivity index (χ2n) is 3.75. The lowest BCUT2D eigenvalue weighted by Gasteiger charge is -2.10. The van der Waals surface area contributed by atoms with Crippen LogP contribution in [0.4, 0.5) is 0 Å². The number of hydrogen-bond donors (Lipinski definition) is 2. The summed E-state index contributed by atoms with van der Waals surface area (Å²) in [7, 11) is 0. The topological polar surface area (TPSA) is 95.1 Å². The number of thioether (sulfide) groups is 1. The Labute approximate surface area is 103 Å². The zero-order valence-electron chi connectivity index (χ0n) is 9.33. The van der Waals surface area contributed by atoms with Crippen LogP contribution in [0.25, 0.3) is 0 Å². The molecule has 0 unspecified atom stereocenters. The van der Waals surface area contributed by atoms with Gasteiger partial charge in [-0.2, -0.15) is 0 Å². The van der Waals surface area contributed by atoms with Gasteiger partial charge in [-0.3, -0.25) is 4.79 Å². The molecule has 2 rings (SSSR count). The first-order chi connectivity index (χ1) is 8.25. The Morgan fingerprint density at radius 3 is 3.29 bits per heavy atom. The molecule has 0 aliphatic carbocycles. The molecule has 3 N–H and O–H groups in total. The molecule has 0 bridgehead atoms. The van der Waals surface area contributed by atoms with E-state index in [1.807, 2.05) is 0 Å². The number of aromatic nitrogens is 3. The quantitative estimate of drug-likeness (QED) is 0.539. The van der Waals surface area contributed by atoms with Crippen molar-refractivity contribution in [2.24, 2.45) is 0 Å². The number of ether oxygens (including phenoxy) is 1. The van der Waals surface area contributed by atoms with E-state index >= 15 is 0 Å². The van der Waals surface area contributed by atoms with Gasteiger partial charge in [0.15, 0.2) is 0 Å². The highest BCUT2D eigenvalue weighted by molar-refractivity contribution is 7.99. The molecule has 8 heteroatoms. The largest absolute Gasteiger partial charge is 0.376 e. The highest BCUT2D eigenvalue weighted by atomic mass is 32.2. The molecule has 1 atom stereocenters. The van der Waals surface area contributed by atoms with Crippen molar-refractivity contribution in [2.45, 2.75) is 24.1 Å². The van der Waals surface area contributed by atoms with Crippen molar-refractivity contribution in [3.8, 4) is 0 Å². The monoisotopic (exact) mass is 257 g/mol. The molecule has 1 aliphatic rings. The predicted molar refractivity (Wildman–Crippen MR) is 62.9 cm³/mol. The molecule has 1 fully saturated rings. The van der Waals surface area contributed by atoms with Crippen LogP contribution in [0.3, 0.4) is 0 Å². The summed E-state index contributed by atoms with van der Waals surface area (Å²) in [6, 6.07) is 0. The SMILES string of the molecule is Nn1cnnc1SCC(=O)NC[C@@H]1CCCO1. The fraction of sp³-hybridized carbons (Fsp3) is 0.667. The summed E-state index contributed by atoms with van der Waals surface area (Å²) in [5.41, 5.74) is 0.